The van der Waals surface area contributed by atoms with E-state index in [0.29, 0.717) is 13.2 Å². The highest BCUT2D eigenvalue weighted by Crippen LogP contribution is 2.16. The minimum absolute atomic E-state index is 0.214. The Morgan fingerprint density at radius 3 is 2.93 bits per heavy atom. The molecule has 1 aliphatic heterocycles. The standard InChI is InChI=1S/C11H18O4/c1-3-13-10(12)8-9-6-5-7-11(15-9)14-4-2/h5-6,9,11H,3-4,7-8H2,1-2H3/t9-,11-/m0/s1. The summed E-state index contributed by atoms with van der Waals surface area (Å²) in [6, 6.07) is 0. The van der Waals surface area contributed by atoms with Crippen molar-refractivity contribution in [1.82, 2.24) is 0 Å². The van der Waals surface area contributed by atoms with Crippen LogP contribution in [0.25, 0.3) is 0 Å². The summed E-state index contributed by atoms with van der Waals surface area (Å²) in [7, 11) is 0. The molecule has 0 bridgehead atoms. The van der Waals surface area contributed by atoms with Crippen LogP contribution < -0.4 is 0 Å². The van der Waals surface area contributed by atoms with Gasteiger partial charge in [0.1, 0.15) is 0 Å². The van der Waals surface area contributed by atoms with E-state index >= 15 is 0 Å². The molecule has 0 unspecified atom stereocenters. The van der Waals surface area contributed by atoms with Gasteiger partial charge in [-0.15, -0.1) is 0 Å². The summed E-state index contributed by atoms with van der Waals surface area (Å²) < 4.78 is 15.7. The lowest BCUT2D eigenvalue weighted by Gasteiger charge is -2.24. The van der Waals surface area contributed by atoms with Gasteiger partial charge < -0.3 is 14.2 Å². The molecule has 0 saturated heterocycles. The van der Waals surface area contributed by atoms with Crippen molar-refractivity contribution >= 4 is 5.97 Å². The summed E-state index contributed by atoms with van der Waals surface area (Å²) in [5.74, 6) is -0.232. The fourth-order valence-electron chi connectivity index (χ4n) is 1.43. The highest BCUT2D eigenvalue weighted by Gasteiger charge is 2.20. The van der Waals surface area contributed by atoms with E-state index in [-0.39, 0.29) is 24.8 Å². The molecule has 15 heavy (non-hydrogen) atoms. The first-order chi connectivity index (χ1) is 7.26. The molecule has 0 fully saturated rings. The smallest absolute Gasteiger partial charge is 0.308 e. The molecule has 0 aromatic rings. The molecule has 0 amide bonds. The fraction of sp³-hybridized carbons (Fsp3) is 0.727. The summed E-state index contributed by atoms with van der Waals surface area (Å²) in [6.45, 7) is 4.73. The van der Waals surface area contributed by atoms with Gasteiger partial charge in [-0.05, 0) is 13.8 Å². The van der Waals surface area contributed by atoms with E-state index in [1.807, 2.05) is 19.1 Å². The molecule has 86 valence electrons. The Morgan fingerprint density at radius 1 is 1.47 bits per heavy atom. The lowest BCUT2D eigenvalue weighted by atomic mass is 10.2. The number of hydrogen-bond acceptors (Lipinski definition) is 4. The maximum absolute atomic E-state index is 11.2. The molecule has 0 aromatic carbocycles. The zero-order valence-corrected chi connectivity index (χ0v) is 9.27. The van der Waals surface area contributed by atoms with Crippen molar-refractivity contribution in [3.8, 4) is 0 Å². The molecule has 1 aliphatic rings. The highest BCUT2D eigenvalue weighted by molar-refractivity contribution is 5.70. The predicted molar refractivity (Wildman–Crippen MR) is 55.3 cm³/mol. The summed E-state index contributed by atoms with van der Waals surface area (Å²) in [4.78, 5) is 11.2. The molecule has 1 heterocycles. The van der Waals surface area contributed by atoms with Crippen LogP contribution in [0, 0.1) is 0 Å². The van der Waals surface area contributed by atoms with Crippen LogP contribution in [0.1, 0.15) is 26.7 Å². The van der Waals surface area contributed by atoms with E-state index < -0.39 is 0 Å². The third-order valence-electron chi connectivity index (χ3n) is 2.03. The molecule has 0 spiro atoms. The van der Waals surface area contributed by atoms with Crippen molar-refractivity contribution in [2.75, 3.05) is 13.2 Å². The summed E-state index contributed by atoms with van der Waals surface area (Å²) in [5.41, 5.74) is 0. The second kappa shape index (κ2) is 6.58. The second-order valence-corrected chi connectivity index (χ2v) is 3.23. The van der Waals surface area contributed by atoms with Gasteiger partial charge in [0.25, 0.3) is 0 Å². The van der Waals surface area contributed by atoms with Crippen LogP contribution in [0.3, 0.4) is 0 Å². The Balaban J connectivity index is 2.33. The fourth-order valence-corrected chi connectivity index (χ4v) is 1.43. The van der Waals surface area contributed by atoms with Crippen LogP contribution >= 0.6 is 0 Å². The van der Waals surface area contributed by atoms with Gasteiger partial charge in [-0.1, -0.05) is 12.2 Å². The largest absolute Gasteiger partial charge is 0.466 e. The van der Waals surface area contributed by atoms with Crippen LogP contribution in [0.2, 0.25) is 0 Å². The van der Waals surface area contributed by atoms with E-state index in [4.69, 9.17) is 14.2 Å². The van der Waals surface area contributed by atoms with Crippen LogP contribution in [0.5, 0.6) is 0 Å². The van der Waals surface area contributed by atoms with Crippen molar-refractivity contribution in [3.63, 3.8) is 0 Å². The predicted octanol–water partition coefficient (Wildman–Crippen LogP) is 1.65. The highest BCUT2D eigenvalue weighted by atomic mass is 16.7. The first-order valence-electron chi connectivity index (χ1n) is 5.35. The SMILES string of the molecule is CCOC(=O)C[C@@H]1C=CC[C@@H](OCC)O1. The van der Waals surface area contributed by atoms with E-state index in [2.05, 4.69) is 0 Å². The van der Waals surface area contributed by atoms with Crippen molar-refractivity contribution < 1.29 is 19.0 Å². The number of hydrogen-bond donors (Lipinski definition) is 0. The monoisotopic (exact) mass is 214 g/mol. The summed E-state index contributed by atoms with van der Waals surface area (Å²) in [5, 5.41) is 0. The van der Waals surface area contributed by atoms with E-state index in [9.17, 15) is 4.79 Å². The lowest BCUT2D eigenvalue weighted by molar-refractivity contribution is -0.170. The molecule has 0 saturated carbocycles. The average Bonchev–Trinajstić information content (AvgIpc) is 2.19. The Morgan fingerprint density at radius 2 is 2.27 bits per heavy atom. The molecule has 2 atom stereocenters. The molecule has 0 aliphatic carbocycles. The van der Waals surface area contributed by atoms with E-state index in [1.165, 1.54) is 0 Å². The molecule has 0 N–H and O–H groups in total. The minimum Gasteiger partial charge on any atom is -0.466 e. The van der Waals surface area contributed by atoms with Crippen LogP contribution in [-0.4, -0.2) is 31.6 Å². The van der Waals surface area contributed by atoms with E-state index in [1.54, 1.807) is 6.92 Å². The van der Waals surface area contributed by atoms with Crippen LogP contribution in [-0.2, 0) is 19.0 Å². The van der Waals surface area contributed by atoms with Gasteiger partial charge in [-0.2, -0.15) is 0 Å². The number of rotatable bonds is 5. The Bertz CT molecular complexity index is 225. The molecule has 0 aromatic heterocycles. The zero-order valence-electron chi connectivity index (χ0n) is 9.27. The molecule has 1 rings (SSSR count). The maximum Gasteiger partial charge on any atom is 0.308 e. The quantitative estimate of drug-likeness (QED) is 0.515. The molecule has 4 heteroatoms. The van der Waals surface area contributed by atoms with Crippen LogP contribution in [0.4, 0.5) is 0 Å². The van der Waals surface area contributed by atoms with Gasteiger partial charge in [-0.25, -0.2) is 0 Å². The number of esters is 1. The minimum atomic E-state index is -0.232. The van der Waals surface area contributed by atoms with Crippen molar-refractivity contribution in [2.45, 2.75) is 39.1 Å². The van der Waals surface area contributed by atoms with Gasteiger partial charge in [0.2, 0.25) is 0 Å². The van der Waals surface area contributed by atoms with Crippen molar-refractivity contribution in [3.05, 3.63) is 12.2 Å². The second-order valence-electron chi connectivity index (χ2n) is 3.23. The average molecular weight is 214 g/mol. The van der Waals surface area contributed by atoms with Gasteiger partial charge in [0, 0.05) is 13.0 Å². The summed E-state index contributed by atoms with van der Waals surface area (Å²) >= 11 is 0. The first-order valence-corrected chi connectivity index (χ1v) is 5.35. The normalized spacial score (nSPS) is 25.2. The van der Waals surface area contributed by atoms with Gasteiger partial charge in [0.05, 0.1) is 19.1 Å². The topological polar surface area (TPSA) is 44.8 Å². The zero-order chi connectivity index (χ0) is 11.1. The number of ether oxygens (including phenoxy) is 3. The molecule has 4 nitrogen and oxygen atoms in total. The molecular formula is C11H18O4. The van der Waals surface area contributed by atoms with Gasteiger partial charge >= 0.3 is 5.97 Å². The number of carbonyl (C=O) groups excluding carboxylic acids is 1. The number of carbonyl (C=O) groups is 1. The molecular weight excluding hydrogens is 196 g/mol. The van der Waals surface area contributed by atoms with E-state index in [0.717, 1.165) is 6.42 Å². The van der Waals surface area contributed by atoms with Crippen molar-refractivity contribution in [2.24, 2.45) is 0 Å². The third-order valence-corrected chi connectivity index (χ3v) is 2.03. The van der Waals surface area contributed by atoms with Crippen molar-refractivity contribution in [1.29, 1.82) is 0 Å². The van der Waals surface area contributed by atoms with Gasteiger partial charge in [-0.3, -0.25) is 4.79 Å². The Kier molecular flexibility index (Phi) is 5.36. The third kappa shape index (κ3) is 4.44. The summed E-state index contributed by atoms with van der Waals surface area (Å²) in [6.07, 6.45) is 4.43. The lowest BCUT2D eigenvalue weighted by Crippen LogP contribution is -2.28. The first kappa shape index (κ1) is 12.2. The van der Waals surface area contributed by atoms with Gasteiger partial charge in [0.15, 0.2) is 6.29 Å². The maximum atomic E-state index is 11.2. The van der Waals surface area contributed by atoms with Crippen LogP contribution in [0.15, 0.2) is 12.2 Å². The Labute approximate surface area is 90.2 Å². The Hall–Kier alpha value is -0.870. The molecule has 0 radical (unpaired) electrons.